The second kappa shape index (κ2) is 6.02. The molecule has 3 heterocycles. The zero-order valence-corrected chi connectivity index (χ0v) is 11.4. The summed E-state index contributed by atoms with van der Waals surface area (Å²) in [5.41, 5.74) is 6.85. The number of furan rings is 1. The molecule has 0 bridgehead atoms. The monoisotopic (exact) mass is 273 g/mol. The third kappa shape index (κ3) is 2.81. The average Bonchev–Trinajstić information content (AvgIpc) is 2.96. The summed E-state index contributed by atoms with van der Waals surface area (Å²) < 4.78 is 5.36. The van der Waals surface area contributed by atoms with Crippen LogP contribution in [0.5, 0.6) is 0 Å². The Hall–Kier alpha value is -1.92. The van der Waals surface area contributed by atoms with E-state index in [1.54, 1.807) is 18.7 Å². The Bertz CT molecular complexity index is 534. The van der Waals surface area contributed by atoms with E-state index < -0.39 is 0 Å². The van der Waals surface area contributed by atoms with Crippen molar-refractivity contribution in [2.45, 2.75) is 13.1 Å². The predicted octanol–water partition coefficient (Wildman–Crippen LogP) is 0.850. The Labute approximate surface area is 118 Å². The van der Waals surface area contributed by atoms with E-state index >= 15 is 0 Å². The van der Waals surface area contributed by atoms with Crippen LogP contribution in [-0.2, 0) is 13.1 Å². The molecule has 106 valence electrons. The first-order chi connectivity index (χ1) is 9.86. The summed E-state index contributed by atoms with van der Waals surface area (Å²) in [6.45, 7) is 5.23. The third-order valence-corrected chi connectivity index (χ3v) is 3.62. The zero-order valence-electron chi connectivity index (χ0n) is 11.4. The Morgan fingerprint density at radius 3 is 2.60 bits per heavy atom. The van der Waals surface area contributed by atoms with Gasteiger partial charge in [0.1, 0.15) is 5.76 Å². The highest BCUT2D eigenvalue weighted by atomic mass is 16.3. The first kappa shape index (κ1) is 13.1. The van der Waals surface area contributed by atoms with Crippen LogP contribution in [0.4, 0.5) is 5.95 Å². The van der Waals surface area contributed by atoms with Crippen molar-refractivity contribution in [1.29, 1.82) is 0 Å². The fourth-order valence-corrected chi connectivity index (χ4v) is 2.49. The zero-order chi connectivity index (χ0) is 13.8. The van der Waals surface area contributed by atoms with E-state index in [9.17, 15) is 0 Å². The lowest BCUT2D eigenvalue weighted by molar-refractivity contribution is 0.247. The molecule has 3 rings (SSSR count). The standard InChI is InChI=1S/C14H19N5O/c15-10-13-12(2-9-20-13)11-18-5-7-19(8-6-18)14-16-3-1-4-17-14/h1-4,9H,5-8,10-11,15H2. The minimum atomic E-state index is 0.458. The molecule has 0 amide bonds. The lowest BCUT2D eigenvalue weighted by Crippen LogP contribution is -2.46. The molecule has 0 aromatic carbocycles. The van der Waals surface area contributed by atoms with Gasteiger partial charge in [0.2, 0.25) is 5.95 Å². The summed E-state index contributed by atoms with van der Waals surface area (Å²) in [6, 6.07) is 3.85. The number of aromatic nitrogens is 2. The number of anilines is 1. The molecule has 20 heavy (non-hydrogen) atoms. The molecule has 2 N–H and O–H groups in total. The summed E-state index contributed by atoms with van der Waals surface area (Å²) in [7, 11) is 0. The number of hydrogen-bond donors (Lipinski definition) is 1. The third-order valence-electron chi connectivity index (χ3n) is 3.62. The number of rotatable bonds is 4. The lowest BCUT2D eigenvalue weighted by Gasteiger charge is -2.34. The summed E-state index contributed by atoms with van der Waals surface area (Å²) in [5.74, 6) is 1.71. The Balaban J connectivity index is 1.56. The van der Waals surface area contributed by atoms with E-state index in [0.717, 1.165) is 44.4 Å². The number of piperazine rings is 1. The van der Waals surface area contributed by atoms with Crippen molar-refractivity contribution in [2.24, 2.45) is 5.73 Å². The van der Waals surface area contributed by atoms with Crippen LogP contribution in [0.1, 0.15) is 11.3 Å². The minimum Gasteiger partial charge on any atom is -0.468 e. The van der Waals surface area contributed by atoms with Crippen molar-refractivity contribution in [3.05, 3.63) is 42.1 Å². The molecular weight excluding hydrogens is 254 g/mol. The summed E-state index contributed by atoms with van der Waals surface area (Å²) in [4.78, 5) is 13.2. The molecule has 0 saturated carbocycles. The van der Waals surface area contributed by atoms with Crippen LogP contribution in [-0.4, -0.2) is 41.0 Å². The van der Waals surface area contributed by atoms with Crippen LogP contribution in [0.2, 0.25) is 0 Å². The molecule has 0 aliphatic carbocycles. The number of nitrogens with zero attached hydrogens (tertiary/aromatic N) is 4. The van der Waals surface area contributed by atoms with Crippen molar-refractivity contribution < 1.29 is 4.42 Å². The van der Waals surface area contributed by atoms with Gasteiger partial charge in [-0.15, -0.1) is 0 Å². The quantitative estimate of drug-likeness (QED) is 0.890. The van der Waals surface area contributed by atoms with Gasteiger partial charge in [-0.2, -0.15) is 0 Å². The van der Waals surface area contributed by atoms with Crippen LogP contribution in [0.3, 0.4) is 0 Å². The number of hydrogen-bond acceptors (Lipinski definition) is 6. The van der Waals surface area contributed by atoms with Crippen molar-refractivity contribution in [2.75, 3.05) is 31.1 Å². The highest BCUT2D eigenvalue weighted by Crippen LogP contribution is 2.15. The van der Waals surface area contributed by atoms with Gasteiger partial charge in [-0.1, -0.05) is 0 Å². The molecule has 1 aliphatic heterocycles. The maximum absolute atomic E-state index is 5.66. The van der Waals surface area contributed by atoms with Gasteiger partial charge < -0.3 is 15.1 Å². The highest BCUT2D eigenvalue weighted by Gasteiger charge is 2.19. The molecule has 0 spiro atoms. The second-order valence-electron chi connectivity index (χ2n) is 4.89. The molecule has 0 radical (unpaired) electrons. The van der Waals surface area contributed by atoms with Gasteiger partial charge >= 0.3 is 0 Å². The first-order valence-electron chi connectivity index (χ1n) is 6.86. The first-order valence-corrected chi connectivity index (χ1v) is 6.86. The van der Waals surface area contributed by atoms with Crippen molar-refractivity contribution in [3.8, 4) is 0 Å². The molecule has 0 atom stereocenters. The van der Waals surface area contributed by atoms with Crippen molar-refractivity contribution in [1.82, 2.24) is 14.9 Å². The molecule has 1 aliphatic rings. The van der Waals surface area contributed by atoms with E-state index in [1.165, 1.54) is 5.56 Å². The fourth-order valence-electron chi connectivity index (χ4n) is 2.49. The molecule has 1 fully saturated rings. The molecule has 0 unspecified atom stereocenters. The largest absolute Gasteiger partial charge is 0.468 e. The average molecular weight is 273 g/mol. The van der Waals surface area contributed by atoms with Gasteiger partial charge in [0.15, 0.2) is 0 Å². The summed E-state index contributed by atoms with van der Waals surface area (Å²) >= 11 is 0. The van der Waals surface area contributed by atoms with E-state index in [2.05, 4.69) is 19.8 Å². The van der Waals surface area contributed by atoms with Gasteiger partial charge in [0.05, 0.1) is 12.8 Å². The molecular formula is C14H19N5O. The summed E-state index contributed by atoms with van der Waals surface area (Å²) in [5, 5.41) is 0. The fraction of sp³-hybridized carbons (Fsp3) is 0.429. The Morgan fingerprint density at radius 2 is 1.90 bits per heavy atom. The SMILES string of the molecule is NCc1occc1CN1CCN(c2ncccn2)CC1. The van der Waals surface area contributed by atoms with Crippen molar-refractivity contribution >= 4 is 5.95 Å². The highest BCUT2D eigenvalue weighted by molar-refractivity contribution is 5.29. The predicted molar refractivity (Wildman–Crippen MR) is 76.1 cm³/mol. The summed E-state index contributed by atoms with van der Waals surface area (Å²) in [6.07, 6.45) is 5.28. The molecule has 6 nitrogen and oxygen atoms in total. The maximum atomic E-state index is 5.66. The Kier molecular flexibility index (Phi) is 3.94. The maximum Gasteiger partial charge on any atom is 0.225 e. The van der Waals surface area contributed by atoms with Gasteiger partial charge in [-0.25, -0.2) is 9.97 Å². The van der Waals surface area contributed by atoms with Crippen LogP contribution < -0.4 is 10.6 Å². The smallest absolute Gasteiger partial charge is 0.225 e. The van der Waals surface area contributed by atoms with Gasteiger partial charge in [0.25, 0.3) is 0 Å². The van der Waals surface area contributed by atoms with Crippen LogP contribution in [0.25, 0.3) is 0 Å². The normalized spacial score (nSPS) is 16.6. The minimum absolute atomic E-state index is 0.458. The van der Waals surface area contributed by atoms with Gasteiger partial charge in [-0.05, 0) is 12.1 Å². The van der Waals surface area contributed by atoms with E-state index in [-0.39, 0.29) is 0 Å². The van der Waals surface area contributed by atoms with Crippen LogP contribution in [0.15, 0.2) is 35.2 Å². The van der Waals surface area contributed by atoms with E-state index in [4.69, 9.17) is 10.2 Å². The van der Waals surface area contributed by atoms with E-state index in [0.29, 0.717) is 6.54 Å². The number of nitrogens with two attached hydrogens (primary N) is 1. The van der Waals surface area contributed by atoms with E-state index in [1.807, 2.05) is 12.1 Å². The van der Waals surface area contributed by atoms with Crippen LogP contribution >= 0.6 is 0 Å². The van der Waals surface area contributed by atoms with Crippen LogP contribution in [0, 0.1) is 0 Å². The van der Waals surface area contributed by atoms with Crippen molar-refractivity contribution in [3.63, 3.8) is 0 Å². The molecule has 2 aromatic rings. The van der Waals surface area contributed by atoms with Gasteiger partial charge in [0, 0.05) is 50.7 Å². The lowest BCUT2D eigenvalue weighted by atomic mass is 10.2. The second-order valence-corrected chi connectivity index (χ2v) is 4.89. The Morgan fingerprint density at radius 1 is 1.15 bits per heavy atom. The molecule has 6 heteroatoms. The molecule has 2 aromatic heterocycles. The topological polar surface area (TPSA) is 71.4 Å². The molecule has 1 saturated heterocycles. The van der Waals surface area contributed by atoms with Gasteiger partial charge in [-0.3, -0.25) is 4.90 Å².